The van der Waals surface area contributed by atoms with E-state index in [2.05, 4.69) is 50.8 Å². The zero-order valence-electron chi connectivity index (χ0n) is 37.7. The van der Waals surface area contributed by atoms with Gasteiger partial charge in [0, 0.05) is 47.3 Å². The fraction of sp³-hybridized carbons (Fsp3) is 0.417. The Balaban J connectivity index is 1.46. The number of nitrogens with one attached hydrogen (secondary N) is 1. The average Bonchev–Trinajstić information content (AvgIpc) is 3.68. The summed E-state index contributed by atoms with van der Waals surface area (Å²) in [4.78, 5) is 10.8. The third-order valence-corrected chi connectivity index (χ3v) is 23.2. The number of hydrogen-bond acceptors (Lipinski definition) is 8. The summed E-state index contributed by atoms with van der Waals surface area (Å²) < 4.78 is 130. The number of aromatic nitrogens is 2. The van der Waals surface area contributed by atoms with E-state index in [0.29, 0.717) is 29.2 Å². The van der Waals surface area contributed by atoms with Gasteiger partial charge in [-0.3, -0.25) is 4.99 Å². The topological polar surface area (TPSA) is 128 Å². The van der Waals surface area contributed by atoms with Gasteiger partial charge in [-0.05, 0) is 123 Å². The predicted octanol–water partition coefficient (Wildman–Crippen LogP) is 12.7. The summed E-state index contributed by atoms with van der Waals surface area (Å²) in [6.45, 7) is 13.7. The number of benzene rings is 3. The number of allylic oxidation sites excluding steroid dienone is 2. The molecule has 3 unspecified atom stereocenters. The second-order valence-corrected chi connectivity index (χ2v) is 27.7. The van der Waals surface area contributed by atoms with E-state index in [1.54, 1.807) is 19.2 Å². The zero-order valence-corrected chi connectivity index (χ0v) is 41.0. The SMILES string of the molecule is CC=C(C=NC(C)C(C)C1CCC(O[Si](C)(C)C(C)(C)C)CC1)c1cnc2[nH]cc(C(c3c(OC(F)F)ccc(F)c3Cl)C(F)(S(=O)(=O)c3ccccc3)S(=O)(=O)c3ccccc3)c2c1. The molecule has 2 heterocycles. The van der Waals surface area contributed by atoms with Gasteiger partial charge in [-0.25, -0.2) is 30.6 Å². The van der Waals surface area contributed by atoms with Crippen LogP contribution in [-0.4, -0.2) is 64.4 Å². The van der Waals surface area contributed by atoms with Gasteiger partial charge in [0.1, 0.15) is 17.2 Å². The summed E-state index contributed by atoms with van der Waals surface area (Å²) in [5.41, 5.74) is -0.376. The van der Waals surface area contributed by atoms with Gasteiger partial charge >= 0.3 is 10.9 Å². The first-order valence-electron chi connectivity index (χ1n) is 21.5. The van der Waals surface area contributed by atoms with Gasteiger partial charge in [0.25, 0.3) is 0 Å². The van der Waals surface area contributed by atoms with Crippen molar-refractivity contribution in [2.45, 2.75) is 124 Å². The number of aromatic amines is 1. The van der Waals surface area contributed by atoms with E-state index in [1.165, 1.54) is 48.7 Å². The third kappa shape index (κ3) is 9.88. The Bertz CT molecular complexity index is 2690. The highest BCUT2D eigenvalue weighted by molar-refractivity contribution is 8.10. The van der Waals surface area contributed by atoms with Crippen LogP contribution in [0.15, 0.2) is 112 Å². The fourth-order valence-corrected chi connectivity index (χ4v) is 14.5. The molecule has 1 N–H and O–H groups in total. The summed E-state index contributed by atoms with van der Waals surface area (Å²) in [6.07, 6.45) is 10.3. The molecule has 3 atom stereocenters. The lowest BCUT2D eigenvalue weighted by atomic mass is 9.77. The summed E-state index contributed by atoms with van der Waals surface area (Å²) in [5.74, 6) is -4.27. The Morgan fingerprint density at radius 1 is 0.923 bits per heavy atom. The maximum absolute atomic E-state index is 19.2. The number of halogens is 5. The minimum Gasteiger partial charge on any atom is -0.434 e. The standard InChI is InChI=1S/C48H56ClF4N3O6S2Si/c1-9-32(27-54-31(3)30(2)33-20-22-35(23-21-33)62-65(7,8)47(4,5)6)34-26-38-39(29-56-45(38)55-28-34)43(42-41(61-46(51)52)25-24-40(50)44(42)49)48(53,63(57,58)36-16-12-10-13-17-36)64(59,60)37-18-14-11-15-19-37/h9-19,24-31,33,35,43,46H,20-23H2,1-8H3,(H,55,56). The Kier molecular flexibility index (Phi) is 15.0. The molecule has 2 aromatic heterocycles. The number of hydrogen-bond donors (Lipinski definition) is 1. The average molecular weight is 975 g/mol. The fourth-order valence-electron chi connectivity index (χ4n) is 8.29. The van der Waals surface area contributed by atoms with Crippen LogP contribution in [0, 0.1) is 17.7 Å². The van der Waals surface area contributed by atoms with Crippen LogP contribution in [0.25, 0.3) is 16.6 Å². The van der Waals surface area contributed by atoms with E-state index in [-0.39, 0.29) is 34.1 Å². The Labute approximate surface area is 385 Å². The molecule has 0 aliphatic heterocycles. The van der Waals surface area contributed by atoms with E-state index < -0.39 is 82.4 Å². The third-order valence-electron chi connectivity index (χ3n) is 13.2. The molecule has 0 bridgehead atoms. The van der Waals surface area contributed by atoms with E-state index in [1.807, 2.05) is 6.92 Å². The molecule has 1 aliphatic rings. The Hall–Kier alpha value is -4.35. The number of pyridine rings is 1. The van der Waals surface area contributed by atoms with E-state index >= 15 is 8.78 Å². The van der Waals surface area contributed by atoms with Crippen molar-refractivity contribution in [2.75, 3.05) is 0 Å². The van der Waals surface area contributed by atoms with Gasteiger partial charge < -0.3 is 14.1 Å². The van der Waals surface area contributed by atoms with Crippen molar-refractivity contribution in [3.05, 3.63) is 125 Å². The van der Waals surface area contributed by atoms with Crippen molar-refractivity contribution in [3.8, 4) is 5.75 Å². The second-order valence-electron chi connectivity index (χ2n) is 18.2. The molecule has 1 aliphatic carbocycles. The normalized spacial score (nSPS) is 18.6. The van der Waals surface area contributed by atoms with Crippen LogP contribution in [0.4, 0.5) is 17.6 Å². The van der Waals surface area contributed by atoms with Crippen LogP contribution >= 0.6 is 11.6 Å². The molecule has 0 radical (unpaired) electrons. The number of fused-ring (bicyclic) bond motifs is 1. The predicted molar refractivity (Wildman–Crippen MR) is 252 cm³/mol. The first kappa shape index (κ1) is 50.1. The molecule has 3 aromatic carbocycles. The maximum atomic E-state index is 19.2. The lowest BCUT2D eigenvalue weighted by molar-refractivity contribution is -0.0507. The summed E-state index contributed by atoms with van der Waals surface area (Å²) in [6, 6.07) is 14.7. The van der Waals surface area contributed by atoms with Crippen molar-refractivity contribution in [1.29, 1.82) is 0 Å². The maximum Gasteiger partial charge on any atom is 0.387 e. The summed E-state index contributed by atoms with van der Waals surface area (Å²) >= 11 is 6.53. The molecule has 5 aromatic rings. The van der Waals surface area contributed by atoms with Crippen LogP contribution in [0.5, 0.6) is 5.75 Å². The van der Waals surface area contributed by atoms with Crippen LogP contribution < -0.4 is 4.74 Å². The minimum atomic E-state index is -5.76. The van der Waals surface area contributed by atoms with Crippen LogP contribution in [-0.2, 0) is 24.1 Å². The van der Waals surface area contributed by atoms with Crippen molar-refractivity contribution >= 4 is 62.4 Å². The monoisotopic (exact) mass is 973 g/mol. The Morgan fingerprint density at radius 3 is 2.02 bits per heavy atom. The molecule has 1 saturated carbocycles. The van der Waals surface area contributed by atoms with Gasteiger partial charge in [-0.15, -0.1) is 0 Å². The highest BCUT2D eigenvalue weighted by Gasteiger charge is 2.65. The van der Waals surface area contributed by atoms with Crippen LogP contribution in [0.1, 0.15) is 89.8 Å². The smallest absolute Gasteiger partial charge is 0.387 e. The van der Waals surface area contributed by atoms with Gasteiger partial charge in [0.2, 0.25) is 19.7 Å². The number of rotatable bonds is 16. The molecule has 0 amide bonds. The molecule has 1 fully saturated rings. The number of aliphatic imine (C=N–C) groups is 1. The molecule has 9 nitrogen and oxygen atoms in total. The first-order valence-corrected chi connectivity index (χ1v) is 27.8. The first-order chi connectivity index (χ1) is 30.5. The number of nitrogens with zero attached hydrogens (tertiary/aromatic N) is 2. The van der Waals surface area contributed by atoms with E-state index in [0.717, 1.165) is 56.1 Å². The second kappa shape index (κ2) is 19.5. The summed E-state index contributed by atoms with van der Waals surface area (Å²) in [5, 5.41) is -0.931. The zero-order chi connectivity index (χ0) is 47.7. The van der Waals surface area contributed by atoms with Crippen molar-refractivity contribution in [1.82, 2.24) is 9.97 Å². The highest BCUT2D eigenvalue weighted by atomic mass is 35.5. The summed E-state index contributed by atoms with van der Waals surface area (Å²) in [7, 11) is -13.4. The largest absolute Gasteiger partial charge is 0.434 e. The van der Waals surface area contributed by atoms with Gasteiger partial charge in [0.05, 0.1) is 20.7 Å². The lowest BCUT2D eigenvalue weighted by Gasteiger charge is -2.42. The lowest BCUT2D eigenvalue weighted by Crippen LogP contribution is -2.48. The van der Waals surface area contributed by atoms with Gasteiger partial charge in [-0.1, -0.05) is 81.8 Å². The molecule has 0 saturated heterocycles. The van der Waals surface area contributed by atoms with Crippen molar-refractivity contribution in [2.24, 2.45) is 16.8 Å². The van der Waals surface area contributed by atoms with E-state index in [4.69, 9.17) is 25.8 Å². The number of ether oxygens (including phenoxy) is 1. The molecular formula is C48H56ClF4N3O6S2Si. The Morgan fingerprint density at radius 2 is 1.49 bits per heavy atom. The highest BCUT2D eigenvalue weighted by Crippen LogP contribution is 2.55. The molecule has 6 rings (SSSR count). The molecule has 0 spiro atoms. The van der Waals surface area contributed by atoms with Crippen LogP contribution in [0.3, 0.4) is 0 Å². The number of H-pyrrole nitrogens is 1. The minimum absolute atomic E-state index is 0.0183. The quantitative estimate of drug-likeness (QED) is 0.0592. The van der Waals surface area contributed by atoms with Crippen molar-refractivity contribution in [3.63, 3.8) is 0 Å². The van der Waals surface area contributed by atoms with Crippen molar-refractivity contribution < 1.29 is 43.6 Å². The van der Waals surface area contributed by atoms with E-state index in [9.17, 15) is 25.6 Å². The molecule has 65 heavy (non-hydrogen) atoms. The molecule has 17 heteroatoms. The number of sulfone groups is 2. The molecule has 350 valence electrons. The van der Waals surface area contributed by atoms with Crippen LogP contribution in [0.2, 0.25) is 23.2 Å². The van der Waals surface area contributed by atoms with Gasteiger partial charge in [-0.2, -0.15) is 8.78 Å². The number of alkyl halides is 3. The molecular weight excluding hydrogens is 918 g/mol. The van der Waals surface area contributed by atoms with Gasteiger partial charge in [0.15, 0.2) is 8.32 Å².